The summed E-state index contributed by atoms with van der Waals surface area (Å²) in [5, 5.41) is 9.72. The molecular weight excluding hydrogens is 392 g/mol. The second-order valence-corrected chi connectivity index (χ2v) is 8.60. The van der Waals surface area contributed by atoms with Crippen molar-refractivity contribution in [2.75, 3.05) is 25.5 Å². The van der Waals surface area contributed by atoms with Gasteiger partial charge in [0, 0.05) is 23.1 Å². The van der Waals surface area contributed by atoms with Crippen molar-refractivity contribution in [1.29, 1.82) is 0 Å². The van der Waals surface area contributed by atoms with Gasteiger partial charge in [-0.25, -0.2) is 8.78 Å². The van der Waals surface area contributed by atoms with Crippen molar-refractivity contribution >= 4 is 17.6 Å². The number of aromatic amines is 1. The Labute approximate surface area is 173 Å². The van der Waals surface area contributed by atoms with Crippen LogP contribution in [-0.2, 0) is 16.9 Å². The summed E-state index contributed by atoms with van der Waals surface area (Å²) in [6.45, 7) is 5.98. The summed E-state index contributed by atoms with van der Waals surface area (Å²) in [4.78, 5) is 29.7. The summed E-state index contributed by atoms with van der Waals surface area (Å²) >= 11 is 0. The Hall–Kier alpha value is -2.81. The molecule has 160 valence electrons. The molecule has 0 unspecified atom stereocenters. The number of likely N-dealkylation sites (tertiary alicyclic amines) is 1. The molecule has 0 saturated carbocycles. The Morgan fingerprint density at radius 1 is 1.17 bits per heavy atom. The third-order valence-electron chi connectivity index (χ3n) is 6.16. The minimum Gasteiger partial charge on any atom is -0.327 e. The Bertz CT molecular complexity index is 975. The average Bonchev–Trinajstić information content (AvgIpc) is 3.19. The second-order valence-electron chi connectivity index (χ2n) is 8.60. The minimum absolute atomic E-state index is 0.0225. The van der Waals surface area contributed by atoms with Gasteiger partial charge in [-0.1, -0.05) is 0 Å². The van der Waals surface area contributed by atoms with Gasteiger partial charge in [0.15, 0.2) is 5.82 Å². The smallest absolute Gasteiger partial charge is 0.257 e. The molecule has 0 aliphatic carbocycles. The molecule has 4 rings (SSSR count). The number of carbonyl (C=O) groups excluding carboxylic acids is 2. The maximum atomic E-state index is 13.4. The lowest BCUT2D eigenvalue weighted by Gasteiger charge is -2.37. The molecule has 0 radical (unpaired) electrons. The van der Waals surface area contributed by atoms with Crippen LogP contribution in [0.1, 0.15) is 48.3 Å². The van der Waals surface area contributed by atoms with Crippen LogP contribution in [0, 0.1) is 17.6 Å². The molecule has 7 nitrogen and oxygen atoms in total. The molecule has 2 amide bonds. The quantitative estimate of drug-likeness (QED) is 0.805. The van der Waals surface area contributed by atoms with Crippen LogP contribution < -0.4 is 5.32 Å². The largest absolute Gasteiger partial charge is 0.327 e. The summed E-state index contributed by atoms with van der Waals surface area (Å²) in [5.41, 5.74) is 0.730. The molecule has 2 aliphatic rings. The third kappa shape index (κ3) is 3.58. The lowest BCUT2D eigenvalue weighted by molar-refractivity contribution is -0.142. The lowest BCUT2D eigenvalue weighted by Crippen LogP contribution is -2.46. The number of fused-ring (bicyclic) bond motifs is 1. The Morgan fingerprint density at radius 3 is 2.43 bits per heavy atom. The molecule has 1 aromatic carbocycles. The first-order valence-corrected chi connectivity index (χ1v) is 10.0. The van der Waals surface area contributed by atoms with Gasteiger partial charge in [0.2, 0.25) is 5.91 Å². The standard InChI is InChI=1S/C21H25F2N5O2/c1-21(2)17-16(11-28(21)20(30)12-4-6-27(3)7-5-12)18(26-25-17)24-19(29)13-8-14(22)10-15(23)9-13/h8-10,12H,4-7,11H2,1-3H3,(H2,24,25,26,29). The van der Waals surface area contributed by atoms with Crippen LogP contribution in [-0.4, -0.2) is 51.9 Å². The highest BCUT2D eigenvalue weighted by atomic mass is 19.1. The van der Waals surface area contributed by atoms with E-state index in [0.29, 0.717) is 18.2 Å². The summed E-state index contributed by atoms with van der Waals surface area (Å²) < 4.78 is 26.9. The number of H-pyrrole nitrogens is 1. The van der Waals surface area contributed by atoms with E-state index in [-0.39, 0.29) is 23.2 Å². The van der Waals surface area contributed by atoms with Gasteiger partial charge in [-0.15, -0.1) is 0 Å². The fourth-order valence-electron chi connectivity index (χ4n) is 4.31. The monoisotopic (exact) mass is 417 g/mol. The van der Waals surface area contributed by atoms with Gasteiger partial charge < -0.3 is 15.1 Å². The molecule has 1 aromatic heterocycles. The van der Waals surface area contributed by atoms with E-state index in [1.54, 1.807) is 0 Å². The first kappa shape index (κ1) is 20.5. The van der Waals surface area contributed by atoms with Gasteiger partial charge in [0.05, 0.1) is 17.8 Å². The summed E-state index contributed by atoms with van der Waals surface area (Å²) in [6, 6.07) is 2.63. The van der Waals surface area contributed by atoms with Crippen molar-refractivity contribution in [2.45, 2.75) is 38.8 Å². The van der Waals surface area contributed by atoms with Crippen LogP contribution in [0.15, 0.2) is 18.2 Å². The average molecular weight is 417 g/mol. The normalized spacial score (nSPS) is 19.0. The van der Waals surface area contributed by atoms with E-state index in [1.807, 2.05) is 18.7 Å². The molecule has 2 N–H and O–H groups in total. The molecule has 3 heterocycles. The second kappa shape index (κ2) is 7.46. The van der Waals surface area contributed by atoms with Crippen LogP contribution >= 0.6 is 0 Å². The van der Waals surface area contributed by atoms with E-state index in [1.165, 1.54) is 0 Å². The molecule has 0 atom stereocenters. The van der Waals surface area contributed by atoms with Gasteiger partial charge in [-0.3, -0.25) is 14.7 Å². The zero-order valence-corrected chi connectivity index (χ0v) is 17.3. The maximum Gasteiger partial charge on any atom is 0.257 e. The van der Waals surface area contributed by atoms with Crippen molar-refractivity contribution in [2.24, 2.45) is 5.92 Å². The number of amides is 2. The zero-order chi connectivity index (χ0) is 21.6. The Kier molecular flexibility index (Phi) is 5.09. The Morgan fingerprint density at radius 2 is 1.80 bits per heavy atom. The molecule has 2 aromatic rings. The number of nitrogens with one attached hydrogen (secondary N) is 2. The fourth-order valence-corrected chi connectivity index (χ4v) is 4.31. The van der Waals surface area contributed by atoms with Crippen molar-refractivity contribution in [3.63, 3.8) is 0 Å². The summed E-state index contributed by atoms with van der Waals surface area (Å²) in [6.07, 6.45) is 1.64. The molecule has 0 spiro atoms. The molecule has 2 aliphatic heterocycles. The number of halogens is 2. The number of carbonyl (C=O) groups is 2. The first-order chi connectivity index (χ1) is 14.2. The zero-order valence-electron chi connectivity index (χ0n) is 17.3. The van der Waals surface area contributed by atoms with Crippen molar-refractivity contribution in [1.82, 2.24) is 20.0 Å². The van der Waals surface area contributed by atoms with E-state index in [0.717, 1.165) is 43.8 Å². The number of hydrogen-bond donors (Lipinski definition) is 2. The highest BCUT2D eigenvalue weighted by Gasteiger charge is 2.45. The number of benzene rings is 1. The van der Waals surface area contributed by atoms with E-state index in [9.17, 15) is 18.4 Å². The highest BCUT2D eigenvalue weighted by Crippen LogP contribution is 2.42. The van der Waals surface area contributed by atoms with E-state index < -0.39 is 23.1 Å². The van der Waals surface area contributed by atoms with E-state index in [4.69, 9.17) is 0 Å². The van der Waals surface area contributed by atoms with Crippen LogP contribution in [0.3, 0.4) is 0 Å². The Balaban J connectivity index is 1.54. The van der Waals surface area contributed by atoms with Gasteiger partial charge in [-0.05, 0) is 59.0 Å². The molecular formula is C21H25F2N5O2. The molecule has 30 heavy (non-hydrogen) atoms. The van der Waals surface area contributed by atoms with Crippen LogP contribution in [0.25, 0.3) is 0 Å². The third-order valence-corrected chi connectivity index (χ3v) is 6.16. The van der Waals surface area contributed by atoms with Gasteiger partial charge in [0.25, 0.3) is 5.91 Å². The van der Waals surface area contributed by atoms with Gasteiger partial charge in [0.1, 0.15) is 11.6 Å². The van der Waals surface area contributed by atoms with Crippen molar-refractivity contribution in [3.8, 4) is 0 Å². The molecule has 1 saturated heterocycles. The summed E-state index contributed by atoms with van der Waals surface area (Å²) in [7, 11) is 2.05. The number of hydrogen-bond acceptors (Lipinski definition) is 4. The van der Waals surface area contributed by atoms with Crippen molar-refractivity contribution < 1.29 is 18.4 Å². The van der Waals surface area contributed by atoms with Crippen LogP contribution in [0.5, 0.6) is 0 Å². The number of nitrogens with zero attached hydrogens (tertiary/aromatic N) is 3. The van der Waals surface area contributed by atoms with E-state index in [2.05, 4.69) is 27.5 Å². The summed E-state index contributed by atoms with van der Waals surface area (Å²) in [5.74, 6) is -1.98. The SMILES string of the molecule is CN1CCC(C(=O)N2Cc3c(NC(=O)c4cc(F)cc(F)c4)n[nH]c3C2(C)C)CC1. The highest BCUT2D eigenvalue weighted by molar-refractivity contribution is 6.04. The number of anilines is 1. The molecule has 1 fully saturated rings. The van der Waals surface area contributed by atoms with Gasteiger partial charge in [-0.2, -0.15) is 5.10 Å². The molecule has 9 heteroatoms. The van der Waals surface area contributed by atoms with Crippen LogP contribution in [0.4, 0.5) is 14.6 Å². The minimum atomic E-state index is -0.830. The lowest BCUT2D eigenvalue weighted by atomic mass is 9.93. The van der Waals surface area contributed by atoms with E-state index >= 15 is 0 Å². The molecule has 0 bridgehead atoms. The van der Waals surface area contributed by atoms with Crippen LogP contribution in [0.2, 0.25) is 0 Å². The predicted octanol–water partition coefficient (Wildman–Crippen LogP) is 2.86. The number of aromatic nitrogens is 2. The topological polar surface area (TPSA) is 81.3 Å². The number of piperidine rings is 1. The van der Waals surface area contributed by atoms with Gasteiger partial charge >= 0.3 is 0 Å². The fraction of sp³-hybridized carbons (Fsp3) is 0.476. The maximum absolute atomic E-state index is 13.4. The number of rotatable bonds is 3. The first-order valence-electron chi connectivity index (χ1n) is 10.0. The van der Waals surface area contributed by atoms with Crippen molar-refractivity contribution in [3.05, 3.63) is 46.7 Å². The predicted molar refractivity (Wildman–Crippen MR) is 107 cm³/mol.